The Hall–Kier alpha value is -0.930. The number of alkyl halides is 1. The van der Waals surface area contributed by atoms with Crippen LogP contribution in [0.25, 0.3) is 0 Å². The van der Waals surface area contributed by atoms with E-state index in [1.54, 1.807) is 0 Å². The first-order chi connectivity index (χ1) is 7.74. The molecule has 1 N–H and O–H groups in total. The average molecular weight is 223 g/mol. The molecule has 0 radical (unpaired) electrons. The molecule has 1 saturated heterocycles. The number of nitrogens with one attached hydrogen (secondary N) is 1. The summed E-state index contributed by atoms with van der Waals surface area (Å²) < 4.78 is 19.8. The molecular weight excluding hydrogens is 205 g/mol. The smallest absolute Gasteiger partial charge is 0.140 e. The van der Waals surface area contributed by atoms with E-state index in [0.29, 0.717) is 26.1 Å². The zero-order valence-electron chi connectivity index (χ0n) is 9.63. The quantitative estimate of drug-likeness (QED) is 0.849. The zero-order chi connectivity index (χ0) is 11.4. The van der Waals surface area contributed by atoms with Crippen LogP contribution in [0.1, 0.15) is 24.0 Å². The van der Waals surface area contributed by atoms with Crippen molar-refractivity contribution in [2.45, 2.75) is 25.1 Å². The second kappa shape index (κ2) is 4.93. The summed E-state index contributed by atoms with van der Waals surface area (Å²) in [5.41, 5.74) is 0.731. The van der Waals surface area contributed by atoms with Crippen LogP contribution in [0.15, 0.2) is 24.3 Å². The number of benzene rings is 1. The van der Waals surface area contributed by atoms with Crippen molar-refractivity contribution in [2.24, 2.45) is 0 Å². The highest BCUT2D eigenvalue weighted by molar-refractivity contribution is 5.28. The van der Waals surface area contributed by atoms with Crippen LogP contribution in [0.2, 0.25) is 0 Å². The maximum absolute atomic E-state index is 14.6. The van der Waals surface area contributed by atoms with E-state index in [9.17, 15) is 4.39 Å². The summed E-state index contributed by atoms with van der Waals surface area (Å²) in [6.45, 7) is 1.82. The second-order valence-corrected chi connectivity index (χ2v) is 4.31. The first-order valence-electron chi connectivity index (χ1n) is 5.75. The van der Waals surface area contributed by atoms with Crippen molar-refractivity contribution in [3.63, 3.8) is 0 Å². The monoisotopic (exact) mass is 223 g/mol. The molecule has 0 atom stereocenters. The maximum Gasteiger partial charge on any atom is 0.140 e. The van der Waals surface area contributed by atoms with Gasteiger partial charge < -0.3 is 10.1 Å². The van der Waals surface area contributed by atoms with Gasteiger partial charge in [0.25, 0.3) is 0 Å². The van der Waals surface area contributed by atoms with Crippen LogP contribution in [0, 0.1) is 0 Å². The second-order valence-electron chi connectivity index (χ2n) is 4.31. The molecular formula is C13H18FNO. The molecule has 1 aliphatic heterocycles. The fourth-order valence-corrected chi connectivity index (χ4v) is 2.15. The van der Waals surface area contributed by atoms with E-state index < -0.39 is 5.67 Å². The van der Waals surface area contributed by atoms with Gasteiger partial charge in [0.2, 0.25) is 0 Å². The number of hydrogen-bond donors (Lipinski definition) is 1. The van der Waals surface area contributed by atoms with Gasteiger partial charge in [0.05, 0.1) is 0 Å². The summed E-state index contributed by atoms with van der Waals surface area (Å²) in [5.74, 6) is 0. The van der Waals surface area contributed by atoms with Crippen molar-refractivity contribution >= 4 is 0 Å². The Kier molecular flexibility index (Phi) is 3.56. The molecule has 1 fully saturated rings. The summed E-state index contributed by atoms with van der Waals surface area (Å²) >= 11 is 0. The first kappa shape index (κ1) is 11.6. The zero-order valence-corrected chi connectivity index (χ0v) is 9.63. The third-order valence-corrected chi connectivity index (χ3v) is 3.11. The molecule has 2 rings (SSSR count). The Bertz CT molecular complexity index is 348. The van der Waals surface area contributed by atoms with Crippen molar-refractivity contribution in [1.29, 1.82) is 0 Å². The maximum atomic E-state index is 14.6. The van der Waals surface area contributed by atoms with Crippen LogP contribution in [0.3, 0.4) is 0 Å². The summed E-state index contributed by atoms with van der Waals surface area (Å²) in [5, 5.41) is 3.08. The third kappa shape index (κ3) is 2.42. The molecule has 1 heterocycles. The van der Waals surface area contributed by atoms with Gasteiger partial charge in [-0.1, -0.05) is 24.3 Å². The largest absolute Gasteiger partial charge is 0.381 e. The SMILES string of the molecule is CNCc1cccc(C2(F)CCOCC2)c1. The first-order valence-corrected chi connectivity index (χ1v) is 5.75. The number of ether oxygens (including phenoxy) is 1. The Labute approximate surface area is 95.8 Å². The van der Waals surface area contributed by atoms with Gasteiger partial charge in [0.15, 0.2) is 0 Å². The number of rotatable bonds is 3. The molecule has 0 unspecified atom stereocenters. The van der Waals surface area contributed by atoms with Crippen LogP contribution in [0.5, 0.6) is 0 Å². The Morgan fingerprint density at radius 3 is 2.81 bits per heavy atom. The number of hydrogen-bond acceptors (Lipinski definition) is 2. The predicted molar refractivity (Wildman–Crippen MR) is 62.0 cm³/mol. The molecule has 1 aromatic rings. The molecule has 1 aliphatic rings. The summed E-state index contributed by atoms with van der Waals surface area (Å²) in [6.07, 6.45) is 0.937. The summed E-state index contributed by atoms with van der Waals surface area (Å²) in [4.78, 5) is 0. The van der Waals surface area contributed by atoms with Crippen LogP contribution >= 0.6 is 0 Å². The summed E-state index contributed by atoms with van der Waals surface area (Å²) in [7, 11) is 1.90. The van der Waals surface area contributed by atoms with Crippen molar-refractivity contribution in [1.82, 2.24) is 5.32 Å². The van der Waals surface area contributed by atoms with E-state index in [2.05, 4.69) is 5.32 Å². The minimum atomic E-state index is -1.19. The lowest BCUT2D eigenvalue weighted by atomic mass is 9.87. The highest BCUT2D eigenvalue weighted by Crippen LogP contribution is 2.36. The molecule has 16 heavy (non-hydrogen) atoms. The fourth-order valence-electron chi connectivity index (χ4n) is 2.15. The van der Waals surface area contributed by atoms with Crippen LogP contribution in [-0.4, -0.2) is 20.3 Å². The number of halogens is 1. The van der Waals surface area contributed by atoms with Gasteiger partial charge in [-0.25, -0.2) is 4.39 Å². The van der Waals surface area contributed by atoms with Crippen molar-refractivity contribution in [3.05, 3.63) is 35.4 Å². The van der Waals surface area contributed by atoms with Crippen molar-refractivity contribution in [3.8, 4) is 0 Å². The minimum Gasteiger partial charge on any atom is -0.381 e. The topological polar surface area (TPSA) is 21.3 Å². The average Bonchev–Trinajstić information content (AvgIpc) is 2.31. The highest BCUT2D eigenvalue weighted by Gasteiger charge is 2.34. The van der Waals surface area contributed by atoms with Gasteiger partial charge in [-0.3, -0.25) is 0 Å². The Morgan fingerprint density at radius 2 is 2.12 bits per heavy atom. The molecule has 2 nitrogen and oxygen atoms in total. The lowest BCUT2D eigenvalue weighted by molar-refractivity contribution is -0.0115. The Balaban J connectivity index is 2.21. The molecule has 0 saturated carbocycles. The Morgan fingerprint density at radius 1 is 1.38 bits per heavy atom. The third-order valence-electron chi connectivity index (χ3n) is 3.11. The molecule has 0 amide bonds. The lowest BCUT2D eigenvalue weighted by Crippen LogP contribution is -2.29. The molecule has 0 aliphatic carbocycles. The molecule has 0 aromatic heterocycles. The molecule has 3 heteroatoms. The van der Waals surface area contributed by atoms with E-state index in [4.69, 9.17) is 4.74 Å². The van der Waals surface area contributed by atoms with E-state index in [0.717, 1.165) is 17.7 Å². The van der Waals surface area contributed by atoms with Crippen LogP contribution in [0.4, 0.5) is 4.39 Å². The fraction of sp³-hybridized carbons (Fsp3) is 0.538. The molecule has 88 valence electrons. The van der Waals surface area contributed by atoms with Gasteiger partial charge >= 0.3 is 0 Å². The predicted octanol–water partition coefficient (Wildman–Crippen LogP) is 2.38. The molecule has 0 spiro atoms. The van der Waals surface area contributed by atoms with Gasteiger partial charge in [0.1, 0.15) is 5.67 Å². The molecule has 1 aromatic carbocycles. The van der Waals surface area contributed by atoms with E-state index in [1.807, 2.05) is 31.3 Å². The molecule has 0 bridgehead atoms. The van der Waals surface area contributed by atoms with Crippen LogP contribution in [-0.2, 0) is 17.0 Å². The lowest BCUT2D eigenvalue weighted by Gasteiger charge is -2.30. The van der Waals surface area contributed by atoms with Gasteiger partial charge in [-0.05, 0) is 18.2 Å². The van der Waals surface area contributed by atoms with E-state index in [-0.39, 0.29) is 0 Å². The normalized spacial score (nSPS) is 19.6. The van der Waals surface area contributed by atoms with Gasteiger partial charge in [0, 0.05) is 32.6 Å². The van der Waals surface area contributed by atoms with E-state index in [1.165, 1.54) is 0 Å². The minimum absolute atomic E-state index is 0.468. The van der Waals surface area contributed by atoms with Crippen LogP contribution < -0.4 is 5.32 Å². The van der Waals surface area contributed by atoms with Crippen molar-refractivity contribution < 1.29 is 9.13 Å². The van der Waals surface area contributed by atoms with Gasteiger partial charge in [-0.2, -0.15) is 0 Å². The highest BCUT2D eigenvalue weighted by atomic mass is 19.1. The standard InChI is InChI=1S/C13H18FNO/c1-15-10-11-3-2-4-12(9-11)13(14)5-7-16-8-6-13/h2-4,9,15H,5-8,10H2,1H3. The van der Waals surface area contributed by atoms with E-state index >= 15 is 0 Å². The van der Waals surface area contributed by atoms with Gasteiger partial charge in [-0.15, -0.1) is 0 Å². The summed E-state index contributed by atoms with van der Waals surface area (Å²) in [6, 6.07) is 7.79. The van der Waals surface area contributed by atoms with Crippen molar-refractivity contribution in [2.75, 3.05) is 20.3 Å².